The van der Waals surface area contributed by atoms with E-state index in [1.165, 1.54) is 13.0 Å². The van der Waals surface area contributed by atoms with E-state index in [4.69, 9.17) is 0 Å². The average molecular weight is 507 g/mol. The maximum atomic E-state index is 12.9. The molecule has 0 radical (unpaired) electrons. The molecule has 164 valence electrons. The van der Waals surface area contributed by atoms with Crippen molar-refractivity contribution >= 4 is 54.7 Å². The van der Waals surface area contributed by atoms with Gasteiger partial charge in [0.25, 0.3) is 0 Å². The van der Waals surface area contributed by atoms with Gasteiger partial charge in [-0.15, -0.1) is 0 Å². The lowest BCUT2D eigenvalue weighted by molar-refractivity contribution is -0.118. The molecule has 0 saturated carbocycles. The first-order chi connectivity index (χ1) is 14.6. The van der Waals surface area contributed by atoms with Gasteiger partial charge in [-0.1, -0.05) is 6.92 Å². The minimum atomic E-state index is -3.76. The SMILES string of the molecule is CCC(=O)N1CCc2cc(Br)c(S(=O)(=O)CCC(=O)Nc3ccc(C(C)=O)cc3)cc21. The third-order valence-corrected chi connectivity index (χ3v) is 7.81. The Bertz CT molecular complexity index is 1140. The van der Waals surface area contributed by atoms with Crippen molar-refractivity contribution in [1.82, 2.24) is 0 Å². The summed E-state index contributed by atoms with van der Waals surface area (Å²) in [6, 6.07) is 9.65. The van der Waals surface area contributed by atoms with Crippen LogP contribution >= 0.6 is 15.9 Å². The fraction of sp³-hybridized carbons (Fsp3) is 0.318. The number of carbonyl (C=O) groups is 3. The maximum Gasteiger partial charge on any atom is 0.226 e. The highest BCUT2D eigenvalue weighted by Crippen LogP contribution is 2.36. The normalized spacial score (nSPS) is 13.1. The lowest BCUT2D eigenvalue weighted by Crippen LogP contribution is -2.28. The molecule has 31 heavy (non-hydrogen) atoms. The van der Waals surface area contributed by atoms with E-state index in [2.05, 4.69) is 21.2 Å². The number of hydrogen-bond donors (Lipinski definition) is 1. The Morgan fingerprint density at radius 2 is 1.81 bits per heavy atom. The zero-order valence-corrected chi connectivity index (χ0v) is 19.7. The Morgan fingerprint density at radius 1 is 1.13 bits per heavy atom. The van der Waals surface area contributed by atoms with Gasteiger partial charge in [-0.3, -0.25) is 14.4 Å². The molecule has 7 nitrogen and oxygen atoms in total. The van der Waals surface area contributed by atoms with Crippen molar-refractivity contribution in [1.29, 1.82) is 0 Å². The fourth-order valence-corrected chi connectivity index (χ4v) is 5.88. The number of hydrogen-bond acceptors (Lipinski definition) is 5. The topological polar surface area (TPSA) is 101 Å². The summed E-state index contributed by atoms with van der Waals surface area (Å²) < 4.78 is 26.3. The van der Waals surface area contributed by atoms with Crippen molar-refractivity contribution in [3.8, 4) is 0 Å². The molecule has 1 heterocycles. The van der Waals surface area contributed by atoms with Crippen molar-refractivity contribution in [3.05, 3.63) is 52.0 Å². The van der Waals surface area contributed by atoms with Gasteiger partial charge in [0.05, 0.1) is 10.6 Å². The number of nitrogens with one attached hydrogen (secondary N) is 1. The number of carbonyl (C=O) groups excluding carboxylic acids is 3. The van der Waals surface area contributed by atoms with Gasteiger partial charge >= 0.3 is 0 Å². The number of amides is 2. The Labute approximate surface area is 189 Å². The molecule has 0 aromatic heterocycles. The number of anilines is 2. The highest BCUT2D eigenvalue weighted by atomic mass is 79.9. The summed E-state index contributed by atoms with van der Waals surface area (Å²) in [5, 5.41) is 2.64. The molecule has 3 rings (SSSR count). The first kappa shape index (κ1) is 23.1. The Morgan fingerprint density at radius 3 is 2.42 bits per heavy atom. The predicted octanol–water partition coefficient (Wildman–Crippen LogP) is 3.75. The number of Topliss-reactive ketones (excluding diaryl/α,β-unsaturated/α-hetero) is 1. The van der Waals surface area contributed by atoms with Gasteiger partial charge in [-0.2, -0.15) is 0 Å². The first-order valence-electron chi connectivity index (χ1n) is 9.88. The lowest BCUT2D eigenvalue weighted by Gasteiger charge is -2.18. The van der Waals surface area contributed by atoms with Crippen molar-refractivity contribution in [2.45, 2.75) is 38.0 Å². The molecule has 0 unspecified atom stereocenters. The number of halogens is 1. The summed E-state index contributed by atoms with van der Waals surface area (Å²) in [4.78, 5) is 37.4. The maximum absolute atomic E-state index is 12.9. The molecule has 1 N–H and O–H groups in total. The van der Waals surface area contributed by atoms with Gasteiger partial charge < -0.3 is 10.2 Å². The van der Waals surface area contributed by atoms with Crippen LogP contribution in [-0.4, -0.2) is 38.3 Å². The molecule has 0 fully saturated rings. The molecule has 0 spiro atoms. The molecular weight excluding hydrogens is 484 g/mol. The third-order valence-electron chi connectivity index (χ3n) is 5.14. The van der Waals surface area contributed by atoms with Gasteiger partial charge in [-0.05, 0) is 71.2 Å². The Hall–Kier alpha value is -2.52. The molecular formula is C22H23BrN2O5S. The zero-order valence-electron chi connectivity index (χ0n) is 17.3. The van der Waals surface area contributed by atoms with Crippen LogP contribution in [0, 0.1) is 0 Å². The average Bonchev–Trinajstić information content (AvgIpc) is 3.14. The van der Waals surface area contributed by atoms with E-state index in [0.29, 0.717) is 40.8 Å². The summed E-state index contributed by atoms with van der Waals surface area (Å²) in [5.41, 5.74) is 2.54. The zero-order chi connectivity index (χ0) is 22.8. The molecule has 9 heteroatoms. The van der Waals surface area contributed by atoms with Crippen molar-refractivity contribution in [2.75, 3.05) is 22.5 Å². The Balaban J connectivity index is 1.71. The van der Waals surface area contributed by atoms with Crippen LogP contribution in [0.1, 0.15) is 42.6 Å². The van der Waals surface area contributed by atoms with E-state index < -0.39 is 15.7 Å². The van der Waals surface area contributed by atoms with E-state index in [-0.39, 0.29) is 28.8 Å². The smallest absolute Gasteiger partial charge is 0.226 e. The second-order valence-corrected chi connectivity index (χ2v) is 10.2. The van der Waals surface area contributed by atoms with Gasteiger partial charge in [-0.25, -0.2) is 8.42 Å². The van der Waals surface area contributed by atoms with Crippen LogP contribution in [-0.2, 0) is 25.8 Å². The highest BCUT2D eigenvalue weighted by molar-refractivity contribution is 9.10. The monoisotopic (exact) mass is 506 g/mol. The van der Waals surface area contributed by atoms with Gasteiger partial charge in [0.2, 0.25) is 11.8 Å². The molecule has 0 aliphatic carbocycles. The molecule has 1 aliphatic rings. The minimum absolute atomic E-state index is 0.0559. The van der Waals surface area contributed by atoms with Gasteiger partial charge in [0.1, 0.15) is 0 Å². The number of nitrogens with zero attached hydrogens (tertiary/aromatic N) is 1. The quantitative estimate of drug-likeness (QED) is 0.576. The van der Waals surface area contributed by atoms with Crippen LogP contribution < -0.4 is 10.2 Å². The second-order valence-electron chi connectivity index (χ2n) is 7.31. The van der Waals surface area contributed by atoms with Crippen LogP contribution in [0.15, 0.2) is 45.8 Å². The summed E-state index contributed by atoms with van der Waals surface area (Å²) in [7, 11) is -3.76. The summed E-state index contributed by atoms with van der Waals surface area (Å²) in [6.45, 7) is 3.75. The number of rotatable bonds is 7. The van der Waals surface area contributed by atoms with Crippen LogP contribution in [0.2, 0.25) is 0 Å². The largest absolute Gasteiger partial charge is 0.326 e. The molecule has 1 aliphatic heterocycles. The number of sulfone groups is 1. The van der Waals surface area contributed by atoms with Crippen molar-refractivity contribution in [3.63, 3.8) is 0 Å². The number of benzene rings is 2. The van der Waals surface area contributed by atoms with E-state index in [1.54, 1.807) is 42.2 Å². The summed E-state index contributed by atoms with van der Waals surface area (Å²) in [5.74, 6) is -0.953. The van der Waals surface area contributed by atoms with E-state index in [1.807, 2.05) is 0 Å². The molecule has 0 atom stereocenters. The standard InChI is InChI=1S/C22H23BrN2O5S/c1-3-22(28)25-10-8-16-12-18(23)20(13-19(16)25)31(29,30)11-9-21(27)24-17-6-4-15(5-7-17)14(2)26/h4-7,12-13H,3,8-11H2,1-2H3,(H,24,27). The first-order valence-corrected chi connectivity index (χ1v) is 12.3. The second kappa shape index (κ2) is 9.32. The predicted molar refractivity (Wildman–Crippen MR) is 122 cm³/mol. The number of fused-ring (bicyclic) bond motifs is 1. The van der Waals surface area contributed by atoms with Crippen LogP contribution in [0.4, 0.5) is 11.4 Å². The molecule has 2 aromatic rings. The minimum Gasteiger partial charge on any atom is -0.326 e. The molecule has 0 bridgehead atoms. The van der Waals surface area contributed by atoms with Crippen LogP contribution in [0.25, 0.3) is 0 Å². The Kier molecular flexibility index (Phi) is 6.96. The number of ketones is 1. The highest BCUT2D eigenvalue weighted by Gasteiger charge is 2.28. The lowest BCUT2D eigenvalue weighted by atomic mass is 10.1. The molecule has 0 saturated heterocycles. The third kappa shape index (κ3) is 5.22. The van der Waals surface area contributed by atoms with Crippen molar-refractivity contribution in [2.24, 2.45) is 0 Å². The van der Waals surface area contributed by atoms with Crippen LogP contribution in [0.3, 0.4) is 0 Å². The molecule has 2 amide bonds. The van der Waals surface area contributed by atoms with Crippen LogP contribution in [0.5, 0.6) is 0 Å². The van der Waals surface area contributed by atoms with Crippen molar-refractivity contribution < 1.29 is 22.8 Å². The summed E-state index contributed by atoms with van der Waals surface area (Å²) >= 11 is 3.33. The van der Waals surface area contributed by atoms with E-state index in [0.717, 1.165) is 5.56 Å². The fourth-order valence-electron chi connectivity index (χ4n) is 3.43. The van der Waals surface area contributed by atoms with E-state index >= 15 is 0 Å². The van der Waals surface area contributed by atoms with Gasteiger partial charge in [0, 0.05) is 40.8 Å². The van der Waals surface area contributed by atoms with Gasteiger partial charge in [0.15, 0.2) is 15.6 Å². The molecule has 2 aromatic carbocycles. The summed E-state index contributed by atoms with van der Waals surface area (Å²) in [6.07, 6.45) is 0.786. The van der Waals surface area contributed by atoms with E-state index in [9.17, 15) is 22.8 Å².